The van der Waals surface area contributed by atoms with Crippen LogP contribution in [-0.4, -0.2) is 22.5 Å². The number of aliphatic hydroxyl groups excluding tert-OH is 1. The molecule has 0 heterocycles. The third-order valence-electron chi connectivity index (χ3n) is 4.36. The van der Waals surface area contributed by atoms with Gasteiger partial charge in [-0.1, -0.05) is 52.7 Å². The molecule has 1 saturated carbocycles. The van der Waals surface area contributed by atoms with E-state index < -0.39 is 11.5 Å². The minimum atomic E-state index is -0.684. The Morgan fingerprint density at radius 2 is 2.10 bits per heavy atom. The van der Waals surface area contributed by atoms with Crippen LogP contribution in [0.3, 0.4) is 0 Å². The predicted molar refractivity (Wildman–Crippen MR) is 86.2 cm³/mol. The number of ether oxygens (including phenoxy) is 1. The Labute approximate surface area is 134 Å². The first-order chi connectivity index (χ1) is 10.2. The zero-order valence-electron chi connectivity index (χ0n) is 12.3. The van der Waals surface area contributed by atoms with Crippen molar-refractivity contribution < 1.29 is 14.6 Å². The second-order valence-corrected chi connectivity index (χ2v) is 6.56. The number of alkyl halides is 1. The van der Waals surface area contributed by atoms with Gasteiger partial charge in [0.15, 0.2) is 0 Å². The highest BCUT2D eigenvalue weighted by atomic mass is 79.9. The Morgan fingerprint density at radius 3 is 2.71 bits per heavy atom. The number of benzene rings is 1. The summed E-state index contributed by atoms with van der Waals surface area (Å²) in [6.07, 6.45) is 4.45. The maximum atomic E-state index is 12.6. The molecule has 0 saturated heterocycles. The Bertz CT molecular complexity index is 449. The van der Waals surface area contributed by atoms with Crippen LogP contribution in [0, 0.1) is 5.41 Å². The van der Waals surface area contributed by atoms with Crippen molar-refractivity contribution in [3.05, 3.63) is 35.9 Å². The number of hydrogen-bond acceptors (Lipinski definition) is 3. The summed E-state index contributed by atoms with van der Waals surface area (Å²) in [5, 5.41) is 11.2. The second kappa shape index (κ2) is 7.95. The first-order valence-corrected chi connectivity index (χ1v) is 8.76. The highest BCUT2D eigenvalue weighted by molar-refractivity contribution is 9.09. The number of rotatable bonds is 7. The topological polar surface area (TPSA) is 46.5 Å². The average molecular weight is 355 g/mol. The van der Waals surface area contributed by atoms with Gasteiger partial charge in [-0.3, -0.25) is 4.79 Å². The maximum absolute atomic E-state index is 12.6. The van der Waals surface area contributed by atoms with Crippen LogP contribution in [-0.2, 0) is 16.1 Å². The van der Waals surface area contributed by atoms with Gasteiger partial charge in [-0.15, -0.1) is 0 Å². The van der Waals surface area contributed by atoms with E-state index in [1.807, 2.05) is 30.3 Å². The van der Waals surface area contributed by atoms with Crippen molar-refractivity contribution >= 4 is 21.9 Å². The highest BCUT2D eigenvalue weighted by Crippen LogP contribution is 2.43. The first kappa shape index (κ1) is 16.5. The van der Waals surface area contributed by atoms with Crippen molar-refractivity contribution in [3.63, 3.8) is 0 Å². The zero-order chi connectivity index (χ0) is 15.1. The summed E-state index contributed by atoms with van der Waals surface area (Å²) in [4.78, 5) is 12.6. The molecule has 0 aromatic heterocycles. The number of carbonyl (C=O) groups excluding carboxylic acids is 1. The van der Waals surface area contributed by atoms with Crippen LogP contribution in [0.15, 0.2) is 30.3 Å². The normalized spacial score (nSPS) is 25.0. The van der Waals surface area contributed by atoms with E-state index in [0.29, 0.717) is 12.8 Å². The van der Waals surface area contributed by atoms with Gasteiger partial charge in [0, 0.05) is 5.33 Å². The quantitative estimate of drug-likeness (QED) is 0.459. The van der Waals surface area contributed by atoms with E-state index >= 15 is 0 Å². The van der Waals surface area contributed by atoms with Crippen molar-refractivity contribution in [1.29, 1.82) is 0 Å². The van der Waals surface area contributed by atoms with Crippen LogP contribution < -0.4 is 0 Å². The fraction of sp³-hybridized carbons (Fsp3) is 0.588. The van der Waals surface area contributed by atoms with Crippen molar-refractivity contribution in [2.24, 2.45) is 5.41 Å². The number of unbranched alkanes of at least 4 members (excludes halogenated alkanes) is 1. The summed E-state index contributed by atoms with van der Waals surface area (Å²) in [5.74, 6) is -0.231. The molecular formula is C17H23BrO3. The molecule has 0 bridgehead atoms. The molecule has 1 aliphatic carbocycles. The third-order valence-corrected chi connectivity index (χ3v) is 4.92. The van der Waals surface area contributed by atoms with Crippen LogP contribution in [0.1, 0.15) is 44.1 Å². The predicted octanol–water partition coefficient (Wildman–Crippen LogP) is 3.83. The van der Waals surface area contributed by atoms with Gasteiger partial charge in [0.1, 0.15) is 6.61 Å². The number of halogens is 1. The Kier molecular flexibility index (Phi) is 6.24. The van der Waals surface area contributed by atoms with Gasteiger partial charge >= 0.3 is 5.97 Å². The molecule has 3 nitrogen and oxygen atoms in total. The van der Waals surface area contributed by atoms with Gasteiger partial charge in [0.05, 0.1) is 11.5 Å². The number of hydrogen-bond donors (Lipinski definition) is 1. The van der Waals surface area contributed by atoms with Gasteiger partial charge in [-0.25, -0.2) is 0 Å². The van der Waals surface area contributed by atoms with E-state index in [2.05, 4.69) is 15.9 Å². The van der Waals surface area contributed by atoms with Gasteiger partial charge in [-0.2, -0.15) is 0 Å². The lowest BCUT2D eigenvalue weighted by molar-refractivity contribution is -0.163. The van der Waals surface area contributed by atoms with Crippen LogP contribution in [0.4, 0.5) is 0 Å². The Morgan fingerprint density at radius 1 is 1.33 bits per heavy atom. The number of esters is 1. The molecule has 2 rings (SSSR count). The molecule has 1 fully saturated rings. The van der Waals surface area contributed by atoms with Crippen molar-refractivity contribution in [3.8, 4) is 0 Å². The molecule has 1 N–H and O–H groups in total. The molecule has 1 aromatic rings. The van der Waals surface area contributed by atoms with E-state index in [1.54, 1.807) is 0 Å². The lowest BCUT2D eigenvalue weighted by Crippen LogP contribution is -2.39. The second-order valence-electron chi connectivity index (χ2n) is 5.77. The minimum absolute atomic E-state index is 0.231. The molecule has 0 radical (unpaired) electrons. The summed E-state index contributed by atoms with van der Waals surface area (Å²) in [6, 6.07) is 9.68. The summed E-state index contributed by atoms with van der Waals surface area (Å²) in [7, 11) is 0. The molecule has 1 aliphatic rings. The summed E-state index contributed by atoms with van der Waals surface area (Å²) in [5.41, 5.74) is 0.297. The molecule has 21 heavy (non-hydrogen) atoms. The zero-order valence-corrected chi connectivity index (χ0v) is 13.8. The minimum Gasteiger partial charge on any atom is -0.460 e. The molecule has 0 spiro atoms. The molecule has 0 amide bonds. The van der Waals surface area contributed by atoms with Gasteiger partial charge in [0.25, 0.3) is 0 Å². The van der Waals surface area contributed by atoms with Crippen LogP contribution >= 0.6 is 15.9 Å². The molecule has 2 atom stereocenters. The molecule has 0 aliphatic heterocycles. The number of carbonyl (C=O) groups is 1. The van der Waals surface area contributed by atoms with Crippen molar-refractivity contribution in [2.45, 2.75) is 51.2 Å². The fourth-order valence-corrected chi connectivity index (χ4v) is 3.48. The van der Waals surface area contributed by atoms with Gasteiger partial charge in [0.2, 0.25) is 0 Å². The van der Waals surface area contributed by atoms with E-state index in [4.69, 9.17) is 4.74 Å². The first-order valence-electron chi connectivity index (χ1n) is 7.64. The third kappa shape index (κ3) is 4.07. The van der Waals surface area contributed by atoms with E-state index in [-0.39, 0.29) is 12.6 Å². The summed E-state index contributed by atoms with van der Waals surface area (Å²) < 4.78 is 5.51. The molecule has 116 valence electrons. The lowest BCUT2D eigenvalue weighted by Gasteiger charge is -2.30. The number of aliphatic hydroxyl groups is 1. The average Bonchev–Trinajstić information content (AvgIpc) is 2.88. The summed E-state index contributed by atoms with van der Waals surface area (Å²) >= 11 is 3.41. The largest absolute Gasteiger partial charge is 0.460 e. The maximum Gasteiger partial charge on any atom is 0.315 e. The monoisotopic (exact) mass is 354 g/mol. The molecular weight excluding hydrogens is 332 g/mol. The summed E-state index contributed by atoms with van der Waals surface area (Å²) in [6.45, 7) is 0.284. The smallest absolute Gasteiger partial charge is 0.315 e. The van der Waals surface area contributed by atoms with Crippen LogP contribution in [0.25, 0.3) is 0 Å². The van der Waals surface area contributed by atoms with Crippen molar-refractivity contribution in [2.75, 3.05) is 5.33 Å². The fourth-order valence-electron chi connectivity index (χ4n) is 3.09. The Balaban J connectivity index is 1.97. The van der Waals surface area contributed by atoms with E-state index in [1.165, 1.54) is 0 Å². The molecule has 4 heteroatoms. The Hall–Kier alpha value is -0.870. The van der Waals surface area contributed by atoms with Crippen molar-refractivity contribution in [1.82, 2.24) is 0 Å². The van der Waals surface area contributed by atoms with E-state index in [0.717, 1.165) is 36.6 Å². The standard InChI is InChI=1S/C17H23BrO3/c18-12-5-4-10-17(11-6-9-15(17)19)16(20)21-13-14-7-2-1-3-8-14/h1-3,7-8,15,19H,4-6,9-13H2. The molecule has 1 aromatic carbocycles. The van der Waals surface area contributed by atoms with Gasteiger partial charge in [-0.05, 0) is 37.7 Å². The SMILES string of the molecule is O=C(OCc1ccccc1)C1(CCCCBr)CCCC1O. The lowest BCUT2D eigenvalue weighted by atomic mass is 9.79. The van der Waals surface area contributed by atoms with Crippen LogP contribution in [0.5, 0.6) is 0 Å². The molecule has 2 unspecified atom stereocenters. The van der Waals surface area contributed by atoms with Crippen LogP contribution in [0.2, 0.25) is 0 Å². The van der Waals surface area contributed by atoms with Gasteiger partial charge < -0.3 is 9.84 Å². The van der Waals surface area contributed by atoms with E-state index in [9.17, 15) is 9.90 Å². The highest BCUT2D eigenvalue weighted by Gasteiger charge is 2.49.